The van der Waals surface area contributed by atoms with E-state index in [9.17, 15) is 0 Å². The molecule has 2 unspecified atom stereocenters. The normalized spacial score (nSPS) is 22.2. The van der Waals surface area contributed by atoms with Crippen LogP contribution in [0.5, 0.6) is 0 Å². The smallest absolute Gasteiger partial charge is 0.0969 e. The number of hydrogen-bond acceptors (Lipinski definition) is 4. The van der Waals surface area contributed by atoms with E-state index >= 15 is 0 Å². The summed E-state index contributed by atoms with van der Waals surface area (Å²) < 4.78 is 5.48. The van der Waals surface area contributed by atoms with Gasteiger partial charge in [0.25, 0.3) is 0 Å². The van der Waals surface area contributed by atoms with Crippen molar-refractivity contribution in [2.45, 2.75) is 38.0 Å². The van der Waals surface area contributed by atoms with Gasteiger partial charge in [-0.3, -0.25) is 0 Å². The van der Waals surface area contributed by atoms with Crippen molar-refractivity contribution in [1.82, 2.24) is 20.3 Å². The number of ether oxygens (including phenoxy) is 1. The quantitative estimate of drug-likeness (QED) is 0.903. The first-order valence-corrected chi connectivity index (χ1v) is 7.09. The minimum absolute atomic E-state index is 0.333. The van der Waals surface area contributed by atoms with Gasteiger partial charge in [-0.2, -0.15) is 15.0 Å². The molecule has 0 spiro atoms. The Morgan fingerprint density at radius 2 is 2.15 bits per heavy atom. The van der Waals surface area contributed by atoms with Crippen LogP contribution in [0.15, 0.2) is 36.5 Å². The van der Waals surface area contributed by atoms with Gasteiger partial charge in [0.15, 0.2) is 0 Å². The molecule has 5 nitrogen and oxygen atoms in total. The summed E-state index contributed by atoms with van der Waals surface area (Å²) >= 11 is 0. The summed E-state index contributed by atoms with van der Waals surface area (Å²) in [6.07, 6.45) is 5.69. The van der Waals surface area contributed by atoms with Crippen LogP contribution in [0.2, 0.25) is 0 Å². The predicted molar refractivity (Wildman–Crippen MR) is 76.6 cm³/mol. The molecule has 1 heterocycles. The van der Waals surface area contributed by atoms with Crippen molar-refractivity contribution in [2.24, 2.45) is 0 Å². The average molecular weight is 272 g/mol. The van der Waals surface area contributed by atoms with E-state index in [0.717, 1.165) is 24.3 Å². The van der Waals surface area contributed by atoms with E-state index in [1.807, 2.05) is 36.5 Å². The summed E-state index contributed by atoms with van der Waals surface area (Å²) in [4.78, 5) is 1.67. The lowest BCUT2D eigenvalue weighted by Crippen LogP contribution is -2.36. The van der Waals surface area contributed by atoms with Crippen molar-refractivity contribution in [3.05, 3.63) is 42.2 Å². The molecule has 2 aromatic rings. The lowest BCUT2D eigenvalue weighted by Gasteiger charge is -2.18. The van der Waals surface area contributed by atoms with Gasteiger partial charge in [0.05, 0.1) is 23.7 Å². The lowest BCUT2D eigenvalue weighted by atomic mass is 10.2. The van der Waals surface area contributed by atoms with Crippen molar-refractivity contribution in [3.63, 3.8) is 0 Å². The van der Waals surface area contributed by atoms with Crippen molar-refractivity contribution in [1.29, 1.82) is 0 Å². The molecule has 3 rings (SSSR count). The highest BCUT2D eigenvalue weighted by Gasteiger charge is 2.26. The second-order valence-electron chi connectivity index (χ2n) is 5.15. The third-order valence-electron chi connectivity index (χ3n) is 3.83. The van der Waals surface area contributed by atoms with Crippen LogP contribution in [-0.4, -0.2) is 34.2 Å². The van der Waals surface area contributed by atoms with Crippen LogP contribution in [0, 0.1) is 0 Å². The van der Waals surface area contributed by atoms with E-state index in [1.165, 1.54) is 12.8 Å². The minimum Gasteiger partial charge on any atom is -0.380 e. The van der Waals surface area contributed by atoms with Gasteiger partial charge in [0, 0.05) is 19.7 Å². The van der Waals surface area contributed by atoms with Gasteiger partial charge in [-0.05, 0) is 31.4 Å². The zero-order chi connectivity index (χ0) is 13.8. The first-order chi connectivity index (χ1) is 9.86. The topological polar surface area (TPSA) is 52.0 Å². The Labute approximate surface area is 118 Å². The number of nitrogens with zero attached hydrogens (tertiary/aromatic N) is 3. The second-order valence-corrected chi connectivity index (χ2v) is 5.15. The van der Waals surface area contributed by atoms with E-state index in [2.05, 4.69) is 15.5 Å². The first kappa shape index (κ1) is 13.3. The van der Waals surface area contributed by atoms with Crippen molar-refractivity contribution in [2.75, 3.05) is 7.11 Å². The number of rotatable bonds is 5. The Bertz CT molecular complexity index is 540. The maximum Gasteiger partial charge on any atom is 0.0969 e. The van der Waals surface area contributed by atoms with Crippen LogP contribution < -0.4 is 5.32 Å². The molecule has 0 aliphatic heterocycles. The van der Waals surface area contributed by atoms with Crippen LogP contribution in [-0.2, 0) is 11.3 Å². The molecule has 1 N–H and O–H groups in total. The van der Waals surface area contributed by atoms with E-state index in [-0.39, 0.29) is 0 Å². The number of aromatic nitrogens is 3. The molecule has 1 saturated carbocycles. The summed E-state index contributed by atoms with van der Waals surface area (Å²) in [5.41, 5.74) is 1.94. The molecule has 0 amide bonds. The average Bonchev–Trinajstić information content (AvgIpc) is 3.15. The third-order valence-corrected chi connectivity index (χ3v) is 3.83. The molecule has 20 heavy (non-hydrogen) atoms. The summed E-state index contributed by atoms with van der Waals surface area (Å²) in [5.74, 6) is 0. The maximum atomic E-state index is 5.48. The van der Waals surface area contributed by atoms with Crippen LogP contribution in [0.4, 0.5) is 0 Å². The summed E-state index contributed by atoms with van der Waals surface area (Å²) in [5, 5.41) is 12.3. The molecule has 1 aliphatic carbocycles. The highest BCUT2D eigenvalue weighted by Crippen LogP contribution is 2.21. The molecule has 5 heteroatoms. The van der Waals surface area contributed by atoms with E-state index in [1.54, 1.807) is 11.9 Å². The van der Waals surface area contributed by atoms with Gasteiger partial charge in [-0.15, -0.1) is 0 Å². The number of hydrogen-bond donors (Lipinski definition) is 1. The third kappa shape index (κ3) is 2.89. The summed E-state index contributed by atoms with van der Waals surface area (Å²) in [6.45, 7) is 0.733. The Balaban J connectivity index is 1.60. The molecular weight excluding hydrogens is 252 g/mol. The van der Waals surface area contributed by atoms with Crippen LogP contribution in [0.25, 0.3) is 5.69 Å². The fraction of sp³-hybridized carbons (Fsp3) is 0.467. The molecule has 0 bridgehead atoms. The SMILES string of the molecule is COC1CCCC1NCc1cnn(-c2ccccc2)n1. The summed E-state index contributed by atoms with van der Waals surface area (Å²) in [6, 6.07) is 10.4. The Hall–Kier alpha value is -1.72. The highest BCUT2D eigenvalue weighted by atomic mass is 16.5. The number of benzene rings is 1. The number of para-hydroxylation sites is 1. The van der Waals surface area contributed by atoms with Gasteiger partial charge in [-0.25, -0.2) is 0 Å². The molecule has 1 aromatic heterocycles. The van der Waals surface area contributed by atoms with Gasteiger partial charge in [-0.1, -0.05) is 18.2 Å². The largest absolute Gasteiger partial charge is 0.380 e. The molecule has 1 aliphatic rings. The van der Waals surface area contributed by atoms with Crippen molar-refractivity contribution < 1.29 is 4.74 Å². The van der Waals surface area contributed by atoms with Crippen molar-refractivity contribution >= 4 is 0 Å². The fourth-order valence-corrected chi connectivity index (χ4v) is 2.74. The van der Waals surface area contributed by atoms with E-state index in [0.29, 0.717) is 12.1 Å². The van der Waals surface area contributed by atoms with Gasteiger partial charge in [0.2, 0.25) is 0 Å². The molecule has 0 radical (unpaired) electrons. The van der Waals surface area contributed by atoms with Gasteiger partial charge >= 0.3 is 0 Å². The summed E-state index contributed by atoms with van der Waals surface area (Å²) in [7, 11) is 1.79. The van der Waals surface area contributed by atoms with E-state index < -0.39 is 0 Å². The first-order valence-electron chi connectivity index (χ1n) is 7.09. The Kier molecular flexibility index (Phi) is 4.08. The molecule has 1 fully saturated rings. The zero-order valence-corrected chi connectivity index (χ0v) is 11.7. The molecular formula is C15H20N4O. The van der Waals surface area contributed by atoms with E-state index in [4.69, 9.17) is 4.74 Å². The molecule has 2 atom stereocenters. The van der Waals surface area contributed by atoms with Gasteiger partial charge < -0.3 is 10.1 Å². The number of methoxy groups -OCH3 is 1. The Morgan fingerprint density at radius 3 is 2.95 bits per heavy atom. The van der Waals surface area contributed by atoms with Crippen LogP contribution in [0.1, 0.15) is 25.0 Å². The zero-order valence-electron chi connectivity index (χ0n) is 11.7. The molecule has 106 valence electrons. The predicted octanol–water partition coefficient (Wildman–Crippen LogP) is 1.92. The fourth-order valence-electron chi connectivity index (χ4n) is 2.74. The molecule has 0 saturated heterocycles. The lowest BCUT2D eigenvalue weighted by molar-refractivity contribution is 0.0846. The van der Waals surface area contributed by atoms with Gasteiger partial charge in [0.1, 0.15) is 0 Å². The second kappa shape index (κ2) is 6.15. The van der Waals surface area contributed by atoms with Crippen molar-refractivity contribution in [3.8, 4) is 5.69 Å². The standard InChI is InChI=1S/C15H20N4O/c1-20-15-9-5-8-14(15)16-10-12-11-17-19(18-12)13-6-3-2-4-7-13/h2-4,6-7,11,14-16H,5,8-10H2,1H3. The minimum atomic E-state index is 0.333. The monoisotopic (exact) mass is 272 g/mol. The van der Waals surface area contributed by atoms with Crippen LogP contribution in [0.3, 0.4) is 0 Å². The van der Waals surface area contributed by atoms with Crippen LogP contribution >= 0.6 is 0 Å². The Morgan fingerprint density at radius 1 is 1.30 bits per heavy atom. The maximum absolute atomic E-state index is 5.48. The highest BCUT2D eigenvalue weighted by molar-refractivity contribution is 5.28. The molecule has 1 aromatic carbocycles. The number of nitrogens with one attached hydrogen (secondary N) is 1.